The molecule has 1 aromatic carbocycles. The van der Waals surface area contributed by atoms with Gasteiger partial charge in [-0.3, -0.25) is 4.79 Å². The first-order valence-corrected chi connectivity index (χ1v) is 7.85. The molecule has 2 atom stereocenters. The molecule has 0 aromatic heterocycles. The normalized spacial score (nSPS) is 30.6. The summed E-state index contributed by atoms with van der Waals surface area (Å²) < 4.78 is 11.2. The quantitative estimate of drug-likeness (QED) is 0.831. The minimum Gasteiger partial charge on any atom is -0.381 e. The van der Waals surface area contributed by atoms with Crippen LogP contribution in [0.3, 0.4) is 0 Å². The second kappa shape index (κ2) is 5.11. The molecule has 0 N–H and O–H groups in total. The summed E-state index contributed by atoms with van der Waals surface area (Å²) in [5, 5.41) is 0. The summed E-state index contributed by atoms with van der Waals surface area (Å²) in [7, 11) is 0. The summed E-state index contributed by atoms with van der Waals surface area (Å²) >= 11 is 0. The second-order valence-corrected chi connectivity index (χ2v) is 6.36. The van der Waals surface area contributed by atoms with E-state index in [0.717, 1.165) is 31.4 Å². The fraction of sp³-hybridized carbons (Fsp3) is 0.588. The van der Waals surface area contributed by atoms with Gasteiger partial charge < -0.3 is 14.4 Å². The van der Waals surface area contributed by atoms with Crippen LogP contribution in [0.5, 0.6) is 0 Å². The highest BCUT2D eigenvalue weighted by Gasteiger charge is 2.50. The Hall–Kier alpha value is -1.39. The van der Waals surface area contributed by atoms with Crippen LogP contribution in [0.1, 0.15) is 24.8 Å². The van der Waals surface area contributed by atoms with Crippen molar-refractivity contribution in [3.63, 3.8) is 0 Å². The third-order valence-electron chi connectivity index (χ3n) is 5.24. The Kier molecular flexibility index (Phi) is 3.23. The van der Waals surface area contributed by atoms with E-state index < -0.39 is 5.41 Å². The second-order valence-electron chi connectivity index (χ2n) is 6.36. The first-order valence-electron chi connectivity index (χ1n) is 7.85. The number of fused-ring (bicyclic) bond motifs is 2. The minimum absolute atomic E-state index is 0.256. The number of benzene rings is 1. The Morgan fingerprint density at radius 1 is 1.19 bits per heavy atom. The van der Waals surface area contributed by atoms with Crippen LogP contribution in [0.4, 0.5) is 0 Å². The molecule has 4 rings (SSSR count). The van der Waals surface area contributed by atoms with E-state index in [1.54, 1.807) is 0 Å². The number of hydrogen-bond donors (Lipinski definition) is 0. The zero-order valence-corrected chi connectivity index (χ0v) is 12.2. The number of rotatable bonds is 2. The maximum Gasteiger partial charge on any atom is 0.233 e. The van der Waals surface area contributed by atoms with E-state index in [2.05, 4.69) is 17.0 Å². The maximum absolute atomic E-state index is 13.3. The van der Waals surface area contributed by atoms with E-state index in [1.807, 2.05) is 18.2 Å². The fourth-order valence-electron chi connectivity index (χ4n) is 4.03. The van der Waals surface area contributed by atoms with Crippen molar-refractivity contribution in [2.45, 2.75) is 36.8 Å². The lowest BCUT2D eigenvalue weighted by Crippen LogP contribution is -2.53. The lowest BCUT2D eigenvalue weighted by Gasteiger charge is -2.41. The van der Waals surface area contributed by atoms with Crippen molar-refractivity contribution in [3.05, 3.63) is 35.9 Å². The summed E-state index contributed by atoms with van der Waals surface area (Å²) in [6.45, 7) is 2.80. The van der Waals surface area contributed by atoms with Crippen molar-refractivity contribution in [1.82, 2.24) is 4.90 Å². The van der Waals surface area contributed by atoms with Crippen LogP contribution in [-0.2, 0) is 19.7 Å². The van der Waals surface area contributed by atoms with Gasteiger partial charge in [-0.15, -0.1) is 0 Å². The van der Waals surface area contributed by atoms with Gasteiger partial charge in [-0.1, -0.05) is 30.3 Å². The van der Waals surface area contributed by atoms with Crippen LogP contribution in [-0.4, -0.2) is 49.3 Å². The highest BCUT2D eigenvalue weighted by molar-refractivity contribution is 5.89. The van der Waals surface area contributed by atoms with Gasteiger partial charge in [-0.05, 0) is 24.8 Å². The third-order valence-corrected chi connectivity index (χ3v) is 5.24. The number of ether oxygens (including phenoxy) is 2. The van der Waals surface area contributed by atoms with E-state index in [-0.39, 0.29) is 18.1 Å². The Balaban J connectivity index is 1.68. The molecule has 3 fully saturated rings. The van der Waals surface area contributed by atoms with Crippen molar-refractivity contribution < 1.29 is 14.3 Å². The van der Waals surface area contributed by atoms with E-state index in [0.29, 0.717) is 19.8 Å². The predicted octanol–water partition coefficient (Wildman–Crippen LogP) is 1.73. The maximum atomic E-state index is 13.3. The molecule has 4 heteroatoms. The molecule has 3 aliphatic rings. The molecular formula is C17H21NO3. The minimum atomic E-state index is -0.399. The van der Waals surface area contributed by atoms with E-state index in [1.165, 1.54) is 0 Å². The smallest absolute Gasteiger partial charge is 0.233 e. The van der Waals surface area contributed by atoms with Crippen molar-refractivity contribution >= 4 is 5.91 Å². The first-order chi connectivity index (χ1) is 10.3. The highest BCUT2D eigenvalue weighted by Crippen LogP contribution is 2.40. The highest BCUT2D eigenvalue weighted by atomic mass is 16.5. The molecule has 0 spiro atoms. The number of amides is 1. The molecule has 0 aliphatic carbocycles. The van der Waals surface area contributed by atoms with Crippen molar-refractivity contribution in [2.24, 2.45) is 0 Å². The number of likely N-dealkylation sites (tertiary alicyclic amines) is 1. The summed E-state index contributed by atoms with van der Waals surface area (Å²) in [5.74, 6) is 0.285. The molecular weight excluding hydrogens is 266 g/mol. The molecule has 1 aromatic rings. The molecule has 21 heavy (non-hydrogen) atoms. The fourth-order valence-corrected chi connectivity index (χ4v) is 4.03. The Morgan fingerprint density at radius 2 is 1.95 bits per heavy atom. The van der Waals surface area contributed by atoms with Crippen LogP contribution < -0.4 is 0 Å². The van der Waals surface area contributed by atoms with Gasteiger partial charge in [-0.25, -0.2) is 0 Å². The first kappa shape index (κ1) is 13.3. The number of nitrogens with zero attached hydrogens (tertiary/aromatic N) is 1. The predicted molar refractivity (Wildman–Crippen MR) is 78.0 cm³/mol. The van der Waals surface area contributed by atoms with Crippen LogP contribution in [0.25, 0.3) is 0 Å². The summed E-state index contributed by atoms with van der Waals surface area (Å²) in [4.78, 5) is 15.4. The lowest BCUT2D eigenvalue weighted by atomic mass is 9.73. The molecule has 3 aliphatic heterocycles. The van der Waals surface area contributed by atoms with Gasteiger partial charge in [0.1, 0.15) is 0 Å². The van der Waals surface area contributed by atoms with Gasteiger partial charge >= 0.3 is 0 Å². The van der Waals surface area contributed by atoms with Gasteiger partial charge in [-0.2, -0.15) is 0 Å². The third kappa shape index (κ3) is 2.09. The van der Waals surface area contributed by atoms with Gasteiger partial charge in [0.25, 0.3) is 0 Å². The van der Waals surface area contributed by atoms with Crippen LogP contribution in [0.2, 0.25) is 0 Å². The van der Waals surface area contributed by atoms with Crippen LogP contribution in [0, 0.1) is 0 Å². The van der Waals surface area contributed by atoms with Crippen molar-refractivity contribution in [3.8, 4) is 0 Å². The molecule has 3 heterocycles. The van der Waals surface area contributed by atoms with Crippen LogP contribution >= 0.6 is 0 Å². The molecule has 2 bridgehead atoms. The number of hydrogen-bond acceptors (Lipinski definition) is 3. The number of carbonyl (C=O) groups excluding carboxylic acids is 1. The van der Waals surface area contributed by atoms with Gasteiger partial charge in [0.2, 0.25) is 5.91 Å². The molecule has 2 unspecified atom stereocenters. The summed E-state index contributed by atoms with van der Waals surface area (Å²) in [6, 6.07) is 10.5. The van der Waals surface area contributed by atoms with Gasteiger partial charge in [0.05, 0.1) is 24.2 Å². The lowest BCUT2D eigenvalue weighted by molar-refractivity contribution is -0.145. The zero-order chi connectivity index (χ0) is 14.3. The number of carbonyl (C=O) groups is 1. The zero-order valence-electron chi connectivity index (χ0n) is 12.2. The monoisotopic (exact) mass is 287 g/mol. The molecule has 0 radical (unpaired) electrons. The summed E-state index contributed by atoms with van der Waals surface area (Å²) in [5.41, 5.74) is 0.742. The average Bonchev–Trinajstić information content (AvgIpc) is 3.19. The van der Waals surface area contributed by atoms with E-state index in [4.69, 9.17) is 9.47 Å². The average molecular weight is 287 g/mol. The van der Waals surface area contributed by atoms with Crippen LogP contribution in [0.15, 0.2) is 30.3 Å². The summed E-state index contributed by atoms with van der Waals surface area (Å²) in [6.07, 6.45) is 2.83. The molecule has 0 saturated carbocycles. The molecule has 3 saturated heterocycles. The van der Waals surface area contributed by atoms with E-state index >= 15 is 0 Å². The van der Waals surface area contributed by atoms with Crippen molar-refractivity contribution in [1.29, 1.82) is 0 Å². The molecule has 1 amide bonds. The molecule has 112 valence electrons. The SMILES string of the molecule is O=C(N1CC2CC1CO2)C1(c2ccccc2)CCOCC1. The topological polar surface area (TPSA) is 38.8 Å². The Bertz CT molecular complexity index is 524. The molecule has 4 nitrogen and oxygen atoms in total. The van der Waals surface area contributed by atoms with Gasteiger partial charge in [0.15, 0.2) is 0 Å². The van der Waals surface area contributed by atoms with Crippen molar-refractivity contribution in [2.75, 3.05) is 26.4 Å². The largest absolute Gasteiger partial charge is 0.381 e. The van der Waals surface area contributed by atoms with Gasteiger partial charge in [0, 0.05) is 19.8 Å². The van der Waals surface area contributed by atoms with E-state index in [9.17, 15) is 4.79 Å². The standard InChI is InChI=1S/C17H21NO3/c19-16(18-11-15-10-14(18)12-21-15)17(6-8-20-9-7-17)13-4-2-1-3-5-13/h1-5,14-15H,6-12H2. The Labute approximate surface area is 125 Å². The number of morpholine rings is 1. The Morgan fingerprint density at radius 3 is 2.57 bits per heavy atom.